The van der Waals surface area contributed by atoms with Gasteiger partial charge in [0, 0.05) is 45.0 Å². The normalized spacial score (nSPS) is 11.5. The largest absolute Gasteiger partial charge is 0.497 e. The summed E-state index contributed by atoms with van der Waals surface area (Å²) in [7, 11) is 0.575. The van der Waals surface area contributed by atoms with Crippen LogP contribution in [0.3, 0.4) is 0 Å². The Hall–Kier alpha value is -4.33. The van der Waals surface area contributed by atoms with Gasteiger partial charge in [0.25, 0.3) is 0 Å². The molecule has 0 radical (unpaired) electrons. The Morgan fingerprint density at radius 2 is 1.18 bits per heavy atom. The van der Waals surface area contributed by atoms with Crippen molar-refractivity contribution in [3.8, 4) is 28.1 Å². The molecular weight excluding hydrogens is 485 g/mol. The van der Waals surface area contributed by atoms with Crippen LogP contribution in [0, 0.1) is 0 Å². The standard InChI is InChI=1S/C34H28NO2P/c1-35-31-19-11-9-17-29(31)33(25-21-23-26(37-2)24-22-25)34(35)30-18-10-12-20-32(30)38(36,27-13-5-3-6-14-27)28-15-7-4-8-16-28/h3-24H,1-2H3. The Bertz CT molecular complexity index is 1730. The molecule has 5 aromatic carbocycles. The van der Waals surface area contributed by atoms with E-state index in [0.717, 1.165) is 55.0 Å². The van der Waals surface area contributed by atoms with Crippen molar-refractivity contribution >= 4 is 34.0 Å². The Kier molecular flexibility index (Phi) is 6.23. The Morgan fingerprint density at radius 1 is 0.632 bits per heavy atom. The molecule has 6 aromatic rings. The van der Waals surface area contributed by atoms with Crippen LogP contribution in [-0.4, -0.2) is 11.7 Å². The summed E-state index contributed by atoms with van der Waals surface area (Å²) >= 11 is 0. The van der Waals surface area contributed by atoms with Crippen LogP contribution in [0.15, 0.2) is 133 Å². The van der Waals surface area contributed by atoms with Gasteiger partial charge in [-0.3, -0.25) is 0 Å². The van der Waals surface area contributed by atoms with Crippen LogP contribution in [0.5, 0.6) is 5.75 Å². The number of nitrogens with zero attached hydrogens (tertiary/aromatic N) is 1. The number of aryl methyl sites for hydroxylation is 1. The third kappa shape index (κ3) is 3.88. The molecule has 0 saturated carbocycles. The smallest absolute Gasteiger partial charge is 0.171 e. The maximum absolute atomic E-state index is 15.4. The zero-order valence-corrected chi connectivity index (χ0v) is 22.3. The second-order valence-corrected chi connectivity index (χ2v) is 12.1. The van der Waals surface area contributed by atoms with E-state index < -0.39 is 7.14 Å². The van der Waals surface area contributed by atoms with Gasteiger partial charge in [-0.05, 0) is 23.8 Å². The summed E-state index contributed by atoms with van der Waals surface area (Å²) in [5.74, 6) is 0.814. The van der Waals surface area contributed by atoms with Crippen molar-refractivity contribution in [2.24, 2.45) is 7.05 Å². The van der Waals surface area contributed by atoms with Crippen molar-refractivity contribution in [1.82, 2.24) is 4.57 Å². The van der Waals surface area contributed by atoms with Crippen molar-refractivity contribution in [3.05, 3.63) is 133 Å². The molecule has 0 atom stereocenters. The number of para-hydroxylation sites is 1. The average Bonchev–Trinajstić information content (AvgIpc) is 3.29. The number of methoxy groups -OCH3 is 1. The summed E-state index contributed by atoms with van der Waals surface area (Å²) in [5.41, 5.74) is 5.33. The van der Waals surface area contributed by atoms with Gasteiger partial charge in [-0.1, -0.05) is 115 Å². The lowest BCUT2D eigenvalue weighted by Crippen LogP contribution is -2.26. The highest BCUT2D eigenvalue weighted by Gasteiger charge is 2.33. The van der Waals surface area contributed by atoms with Gasteiger partial charge in [0.2, 0.25) is 0 Å². The minimum absolute atomic E-state index is 0.814. The molecule has 0 spiro atoms. The van der Waals surface area contributed by atoms with E-state index in [1.54, 1.807) is 7.11 Å². The highest BCUT2D eigenvalue weighted by molar-refractivity contribution is 7.85. The SMILES string of the molecule is COc1ccc(-c2c(-c3ccccc3P(=O)(c3ccccc3)c3ccccc3)n(C)c3ccccc23)cc1. The Balaban J connectivity index is 1.70. The fourth-order valence-corrected chi connectivity index (χ4v) is 8.26. The third-order valence-electron chi connectivity index (χ3n) is 7.22. The fourth-order valence-electron chi connectivity index (χ4n) is 5.41. The zero-order valence-electron chi connectivity index (χ0n) is 21.4. The monoisotopic (exact) mass is 513 g/mol. The molecule has 0 bridgehead atoms. The maximum Gasteiger partial charge on any atom is 0.171 e. The molecule has 0 amide bonds. The predicted octanol–water partition coefficient (Wildman–Crippen LogP) is 7.16. The minimum atomic E-state index is -3.20. The van der Waals surface area contributed by atoms with E-state index in [1.807, 2.05) is 91.0 Å². The Morgan fingerprint density at radius 3 is 1.82 bits per heavy atom. The molecule has 4 heteroatoms. The van der Waals surface area contributed by atoms with Crippen LogP contribution in [0.25, 0.3) is 33.3 Å². The summed E-state index contributed by atoms with van der Waals surface area (Å²) in [6.07, 6.45) is 0. The first-order chi connectivity index (χ1) is 18.6. The van der Waals surface area contributed by atoms with Gasteiger partial charge < -0.3 is 13.9 Å². The predicted molar refractivity (Wildman–Crippen MR) is 160 cm³/mol. The fraction of sp³-hybridized carbons (Fsp3) is 0.0588. The van der Waals surface area contributed by atoms with Crippen LogP contribution in [-0.2, 0) is 11.6 Å². The molecule has 0 N–H and O–H groups in total. The van der Waals surface area contributed by atoms with Gasteiger partial charge in [0.05, 0.1) is 12.8 Å². The molecule has 0 aliphatic rings. The van der Waals surface area contributed by atoms with Crippen molar-refractivity contribution in [2.45, 2.75) is 0 Å². The van der Waals surface area contributed by atoms with Crippen LogP contribution in [0.1, 0.15) is 0 Å². The first-order valence-electron chi connectivity index (χ1n) is 12.7. The first-order valence-corrected chi connectivity index (χ1v) is 14.4. The first kappa shape index (κ1) is 24.0. The van der Waals surface area contributed by atoms with Gasteiger partial charge in [-0.15, -0.1) is 0 Å². The number of rotatable bonds is 6. The van der Waals surface area contributed by atoms with Gasteiger partial charge in [-0.25, -0.2) is 0 Å². The molecule has 1 aromatic heterocycles. The lowest BCUT2D eigenvalue weighted by Gasteiger charge is -2.23. The number of hydrogen-bond acceptors (Lipinski definition) is 2. The van der Waals surface area contributed by atoms with Crippen molar-refractivity contribution in [2.75, 3.05) is 7.11 Å². The summed E-state index contributed by atoms with van der Waals surface area (Å²) < 4.78 is 23.1. The van der Waals surface area contributed by atoms with Gasteiger partial charge in [-0.2, -0.15) is 0 Å². The van der Waals surface area contributed by atoms with Crippen LogP contribution >= 0.6 is 7.14 Å². The van der Waals surface area contributed by atoms with Crippen molar-refractivity contribution in [3.63, 3.8) is 0 Å². The molecule has 3 nitrogen and oxygen atoms in total. The molecule has 0 saturated heterocycles. The van der Waals surface area contributed by atoms with Gasteiger partial charge >= 0.3 is 0 Å². The highest BCUT2D eigenvalue weighted by atomic mass is 31.2. The summed E-state index contributed by atoms with van der Waals surface area (Å²) in [4.78, 5) is 0. The van der Waals surface area contributed by atoms with Gasteiger partial charge in [0.15, 0.2) is 7.14 Å². The molecular formula is C34H28NO2P. The topological polar surface area (TPSA) is 31.2 Å². The van der Waals surface area contributed by atoms with Crippen molar-refractivity contribution < 1.29 is 9.30 Å². The number of ether oxygens (including phenoxy) is 1. The summed E-state index contributed by atoms with van der Waals surface area (Å²) in [5, 5.41) is 3.63. The minimum Gasteiger partial charge on any atom is -0.497 e. The Labute approximate surface area is 223 Å². The van der Waals surface area contributed by atoms with Crippen LogP contribution in [0.2, 0.25) is 0 Å². The lowest BCUT2D eigenvalue weighted by atomic mass is 9.98. The number of fused-ring (bicyclic) bond motifs is 1. The van der Waals surface area contributed by atoms with E-state index >= 15 is 4.57 Å². The van der Waals surface area contributed by atoms with E-state index in [2.05, 4.69) is 54.1 Å². The maximum atomic E-state index is 15.4. The molecule has 0 unspecified atom stereocenters. The molecule has 186 valence electrons. The quantitative estimate of drug-likeness (QED) is 0.221. The van der Waals surface area contributed by atoms with E-state index in [4.69, 9.17) is 4.74 Å². The van der Waals surface area contributed by atoms with Crippen molar-refractivity contribution in [1.29, 1.82) is 0 Å². The average molecular weight is 514 g/mol. The number of hydrogen-bond donors (Lipinski definition) is 0. The molecule has 38 heavy (non-hydrogen) atoms. The van der Waals surface area contributed by atoms with Crippen LogP contribution in [0.4, 0.5) is 0 Å². The number of benzene rings is 5. The molecule has 0 aliphatic heterocycles. The molecule has 0 aliphatic carbocycles. The molecule has 0 fully saturated rings. The second-order valence-electron chi connectivity index (χ2n) is 9.33. The summed E-state index contributed by atoms with van der Waals surface area (Å²) in [6, 6.07) is 44.5. The number of aromatic nitrogens is 1. The highest BCUT2D eigenvalue weighted by Crippen LogP contribution is 2.48. The third-order valence-corrected chi connectivity index (χ3v) is 10.3. The zero-order chi connectivity index (χ0) is 26.1. The summed E-state index contributed by atoms with van der Waals surface area (Å²) in [6.45, 7) is 0. The van der Waals surface area contributed by atoms with E-state index in [9.17, 15) is 0 Å². The second kappa shape index (κ2) is 9.85. The lowest BCUT2D eigenvalue weighted by molar-refractivity contribution is 0.415. The van der Waals surface area contributed by atoms with Crippen LogP contribution < -0.4 is 20.7 Å². The van der Waals surface area contributed by atoms with E-state index in [-0.39, 0.29) is 0 Å². The van der Waals surface area contributed by atoms with E-state index in [1.165, 1.54) is 0 Å². The molecule has 6 rings (SSSR count). The van der Waals surface area contributed by atoms with E-state index in [0.29, 0.717) is 0 Å². The van der Waals surface area contributed by atoms with Gasteiger partial charge in [0.1, 0.15) is 5.75 Å². The molecule has 1 heterocycles.